The summed E-state index contributed by atoms with van der Waals surface area (Å²) in [5.74, 6) is -0.175. The Labute approximate surface area is 107 Å². The monoisotopic (exact) mass is 269 g/mol. The molecule has 0 saturated heterocycles. The first kappa shape index (κ1) is 12.1. The normalized spacial score (nSPS) is 20.3. The van der Waals surface area contributed by atoms with E-state index < -0.39 is 15.8 Å². The molecule has 98 valence electrons. The Morgan fingerprint density at radius 2 is 1.83 bits per heavy atom. The average molecular weight is 269 g/mol. The van der Waals surface area contributed by atoms with Crippen LogP contribution in [-0.4, -0.2) is 25.3 Å². The summed E-state index contributed by atoms with van der Waals surface area (Å²) < 4.78 is 40.2. The number of hydrogen-bond donors (Lipinski definition) is 0. The van der Waals surface area contributed by atoms with Gasteiger partial charge in [-0.3, -0.25) is 0 Å². The summed E-state index contributed by atoms with van der Waals surface area (Å²) in [6.45, 7) is 0.557. The van der Waals surface area contributed by atoms with Gasteiger partial charge in [0.15, 0.2) is 0 Å². The van der Waals surface area contributed by atoms with E-state index in [0.717, 1.165) is 25.7 Å². The molecule has 0 aliphatic heterocycles. The topological polar surface area (TPSA) is 37.4 Å². The van der Waals surface area contributed by atoms with Crippen LogP contribution in [0, 0.1) is 11.7 Å². The minimum atomic E-state index is -3.67. The molecule has 0 heterocycles. The summed E-state index contributed by atoms with van der Waals surface area (Å²) in [6.07, 6.45) is 3.99. The Kier molecular flexibility index (Phi) is 2.90. The molecular formula is C13H16FNO2S. The SMILES string of the molecule is O=S(=O)(c1ccccc1F)N(CC1CC1)C1CC1. The van der Waals surface area contributed by atoms with Gasteiger partial charge in [-0.05, 0) is 43.7 Å². The van der Waals surface area contributed by atoms with Gasteiger partial charge in [0.2, 0.25) is 10.0 Å². The zero-order valence-corrected chi connectivity index (χ0v) is 10.9. The first-order valence-electron chi connectivity index (χ1n) is 6.35. The molecule has 0 amide bonds. The van der Waals surface area contributed by atoms with Crippen molar-refractivity contribution in [3.05, 3.63) is 30.1 Å². The Hall–Kier alpha value is -0.940. The van der Waals surface area contributed by atoms with Crippen LogP contribution in [0.1, 0.15) is 25.7 Å². The van der Waals surface area contributed by atoms with Crippen molar-refractivity contribution in [3.8, 4) is 0 Å². The van der Waals surface area contributed by atoms with Crippen molar-refractivity contribution in [1.82, 2.24) is 4.31 Å². The van der Waals surface area contributed by atoms with Crippen molar-refractivity contribution in [1.29, 1.82) is 0 Å². The van der Waals surface area contributed by atoms with Gasteiger partial charge in [0.1, 0.15) is 10.7 Å². The molecule has 0 bridgehead atoms. The molecule has 0 spiro atoms. The van der Waals surface area contributed by atoms with Crippen molar-refractivity contribution < 1.29 is 12.8 Å². The third-order valence-electron chi connectivity index (χ3n) is 3.51. The summed E-state index contributed by atoms with van der Waals surface area (Å²) in [5.41, 5.74) is 0. The zero-order chi connectivity index (χ0) is 12.8. The molecule has 0 atom stereocenters. The van der Waals surface area contributed by atoms with Gasteiger partial charge in [-0.2, -0.15) is 4.31 Å². The molecule has 2 aliphatic carbocycles. The van der Waals surface area contributed by atoms with Crippen LogP contribution >= 0.6 is 0 Å². The lowest BCUT2D eigenvalue weighted by Crippen LogP contribution is -2.35. The summed E-state index contributed by atoms with van der Waals surface area (Å²) in [4.78, 5) is -0.183. The number of benzene rings is 1. The first-order chi connectivity index (χ1) is 8.59. The highest BCUT2D eigenvalue weighted by molar-refractivity contribution is 7.89. The van der Waals surface area contributed by atoms with E-state index in [1.165, 1.54) is 22.5 Å². The Balaban J connectivity index is 1.93. The molecule has 3 nitrogen and oxygen atoms in total. The van der Waals surface area contributed by atoms with Crippen LogP contribution in [0.3, 0.4) is 0 Å². The minimum absolute atomic E-state index is 0.0928. The highest BCUT2D eigenvalue weighted by Gasteiger charge is 2.41. The fourth-order valence-corrected chi connectivity index (χ4v) is 3.97. The molecule has 3 rings (SSSR count). The van der Waals surface area contributed by atoms with Gasteiger partial charge in [0.05, 0.1) is 0 Å². The van der Waals surface area contributed by atoms with Crippen LogP contribution in [0.15, 0.2) is 29.2 Å². The molecule has 0 radical (unpaired) electrons. The molecular weight excluding hydrogens is 253 g/mol. The largest absolute Gasteiger partial charge is 0.246 e. The van der Waals surface area contributed by atoms with Crippen LogP contribution in [0.5, 0.6) is 0 Å². The number of hydrogen-bond acceptors (Lipinski definition) is 2. The molecule has 1 aromatic carbocycles. The van der Waals surface area contributed by atoms with Crippen LogP contribution in [0.25, 0.3) is 0 Å². The predicted molar refractivity (Wildman–Crippen MR) is 66.0 cm³/mol. The molecule has 1 aromatic rings. The van der Waals surface area contributed by atoms with Gasteiger partial charge in [-0.25, -0.2) is 12.8 Å². The molecule has 18 heavy (non-hydrogen) atoms. The maximum atomic E-state index is 13.7. The third kappa shape index (κ3) is 2.29. The van der Waals surface area contributed by atoms with E-state index in [9.17, 15) is 12.8 Å². The Morgan fingerprint density at radius 1 is 1.17 bits per heavy atom. The second-order valence-corrected chi connectivity index (χ2v) is 7.04. The molecule has 0 aromatic heterocycles. The average Bonchev–Trinajstić information content (AvgIpc) is 3.19. The van der Waals surface area contributed by atoms with Gasteiger partial charge in [0, 0.05) is 12.6 Å². The zero-order valence-electron chi connectivity index (χ0n) is 10.0. The second-order valence-electron chi connectivity index (χ2n) is 5.18. The van der Waals surface area contributed by atoms with Gasteiger partial charge in [0.25, 0.3) is 0 Å². The van der Waals surface area contributed by atoms with Crippen LogP contribution in [0.2, 0.25) is 0 Å². The van der Waals surface area contributed by atoms with E-state index in [4.69, 9.17) is 0 Å². The molecule has 2 fully saturated rings. The highest BCUT2D eigenvalue weighted by Crippen LogP contribution is 2.38. The second kappa shape index (κ2) is 4.31. The number of nitrogens with zero attached hydrogens (tertiary/aromatic N) is 1. The predicted octanol–water partition coefficient (Wildman–Crippen LogP) is 2.39. The number of rotatable bonds is 5. The quantitative estimate of drug-likeness (QED) is 0.823. The number of halogens is 1. The van der Waals surface area contributed by atoms with Crippen molar-refractivity contribution in [3.63, 3.8) is 0 Å². The first-order valence-corrected chi connectivity index (χ1v) is 7.79. The lowest BCUT2D eigenvalue weighted by atomic mass is 10.3. The third-order valence-corrected chi connectivity index (χ3v) is 5.46. The van der Waals surface area contributed by atoms with Gasteiger partial charge in [-0.1, -0.05) is 12.1 Å². The van der Waals surface area contributed by atoms with Crippen molar-refractivity contribution in [2.45, 2.75) is 36.6 Å². The highest BCUT2D eigenvalue weighted by atomic mass is 32.2. The van der Waals surface area contributed by atoms with Crippen molar-refractivity contribution >= 4 is 10.0 Å². The Morgan fingerprint density at radius 3 is 2.39 bits per heavy atom. The van der Waals surface area contributed by atoms with Gasteiger partial charge in [-0.15, -0.1) is 0 Å². The van der Waals surface area contributed by atoms with Crippen LogP contribution in [-0.2, 0) is 10.0 Å². The van der Waals surface area contributed by atoms with E-state index >= 15 is 0 Å². The summed E-state index contributed by atoms with van der Waals surface area (Å²) in [6, 6.07) is 5.73. The van der Waals surface area contributed by atoms with Crippen molar-refractivity contribution in [2.75, 3.05) is 6.54 Å². The molecule has 2 saturated carbocycles. The smallest absolute Gasteiger partial charge is 0.207 e. The molecule has 2 aliphatic rings. The maximum absolute atomic E-state index is 13.7. The fraction of sp³-hybridized carbons (Fsp3) is 0.538. The van der Waals surface area contributed by atoms with Gasteiger partial charge < -0.3 is 0 Å². The number of sulfonamides is 1. The van der Waals surface area contributed by atoms with Crippen molar-refractivity contribution in [2.24, 2.45) is 5.92 Å². The summed E-state index contributed by atoms with van der Waals surface area (Å²) in [5, 5.41) is 0. The lowest BCUT2D eigenvalue weighted by molar-refractivity contribution is 0.386. The van der Waals surface area contributed by atoms with E-state index in [2.05, 4.69) is 0 Å². The minimum Gasteiger partial charge on any atom is -0.207 e. The van der Waals surface area contributed by atoms with E-state index in [0.29, 0.717) is 12.5 Å². The molecule has 0 N–H and O–H groups in total. The van der Waals surface area contributed by atoms with Crippen LogP contribution < -0.4 is 0 Å². The maximum Gasteiger partial charge on any atom is 0.246 e. The van der Waals surface area contributed by atoms with E-state index in [1.54, 1.807) is 6.07 Å². The lowest BCUT2D eigenvalue weighted by Gasteiger charge is -2.22. The van der Waals surface area contributed by atoms with E-state index in [-0.39, 0.29) is 10.9 Å². The molecule has 5 heteroatoms. The standard InChI is InChI=1S/C13H16FNO2S/c14-12-3-1-2-4-13(12)18(16,17)15(11-7-8-11)9-10-5-6-10/h1-4,10-11H,5-9H2. The summed E-state index contributed by atoms with van der Waals surface area (Å²) >= 11 is 0. The Bertz CT molecular complexity index is 550. The van der Waals surface area contributed by atoms with E-state index in [1.807, 2.05) is 0 Å². The fourth-order valence-electron chi connectivity index (χ4n) is 2.14. The van der Waals surface area contributed by atoms with Gasteiger partial charge >= 0.3 is 0 Å². The molecule has 0 unspecified atom stereocenters. The van der Waals surface area contributed by atoms with Crippen LogP contribution in [0.4, 0.5) is 4.39 Å². The summed E-state index contributed by atoms with van der Waals surface area (Å²) in [7, 11) is -3.67.